The van der Waals surface area contributed by atoms with E-state index in [9.17, 15) is 14.4 Å². The zero-order chi connectivity index (χ0) is 20.4. The lowest BCUT2D eigenvalue weighted by atomic mass is 10.1. The van der Waals surface area contributed by atoms with Crippen molar-refractivity contribution in [3.8, 4) is 5.19 Å². The first-order valence-corrected chi connectivity index (χ1v) is 10.8. The van der Waals surface area contributed by atoms with E-state index >= 15 is 0 Å². The molecule has 29 heavy (non-hydrogen) atoms. The number of thiazole rings is 1. The average molecular weight is 437 g/mol. The van der Waals surface area contributed by atoms with E-state index in [0.29, 0.717) is 36.4 Å². The molecule has 2 aromatic rings. The molecule has 2 saturated heterocycles. The first-order valence-electron chi connectivity index (χ1n) is 9.58. The number of urea groups is 1. The third-order valence-corrected chi connectivity index (χ3v) is 6.37. The molecule has 8 nitrogen and oxygen atoms in total. The van der Waals surface area contributed by atoms with E-state index in [1.165, 1.54) is 16.2 Å². The molecule has 0 atom stereocenters. The monoisotopic (exact) mass is 436 g/mol. The van der Waals surface area contributed by atoms with E-state index in [-0.39, 0.29) is 30.8 Å². The van der Waals surface area contributed by atoms with Crippen LogP contribution in [0.5, 0.6) is 5.19 Å². The highest BCUT2D eigenvalue weighted by Gasteiger charge is 2.27. The Morgan fingerprint density at radius 1 is 1.28 bits per heavy atom. The summed E-state index contributed by atoms with van der Waals surface area (Å²) in [6.07, 6.45) is 2.00. The zero-order valence-electron chi connectivity index (χ0n) is 15.7. The smallest absolute Gasteiger partial charge is 0.324 e. The molecule has 1 aromatic heterocycles. The second kappa shape index (κ2) is 8.54. The number of amides is 4. The first kappa shape index (κ1) is 19.9. The van der Waals surface area contributed by atoms with Gasteiger partial charge in [-0.1, -0.05) is 29.0 Å². The van der Waals surface area contributed by atoms with Crippen LogP contribution in [0.2, 0.25) is 5.02 Å². The molecule has 4 amide bonds. The van der Waals surface area contributed by atoms with Crippen LogP contribution in [-0.2, 0) is 9.59 Å². The molecule has 1 N–H and O–H groups in total. The molecule has 4 rings (SSSR count). The summed E-state index contributed by atoms with van der Waals surface area (Å²) in [5.74, 6) is -0.255. The van der Waals surface area contributed by atoms with Crippen LogP contribution >= 0.6 is 22.9 Å². The Morgan fingerprint density at radius 2 is 2.07 bits per heavy atom. The highest BCUT2D eigenvalue weighted by molar-refractivity contribution is 7.20. The molecule has 154 valence electrons. The second-order valence-electron chi connectivity index (χ2n) is 7.10. The van der Waals surface area contributed by atoms with Crippen LogP contribution in [0.1, 0.15) is 25.7 Å². The molecule has 10 heteroatoms. The number of rotatable bonds is 5. The van der Waals surface area contributed by atoms with Crippen LogP contribution in [0, 0.1) is 0 Å². The maximum absolute atomic E-state index is 12.5. The van der Waals surface area contributed by atoms with E-state index in [0.717, 1.165) is 23.1 Å². The number of benzene rings is 1. The fraction of sp³-hybridized carbons (Fsp3) is 0.474. The molecule has 0 spiro atoms. The van der Waals surface area contributed by atoms with Gasteiger partial charge in [0.05, 0.1) is 9.72 Å². The summed E-state index contributed by atoms with van der Waals surface area (Å²) >= 11 is 7.64. The quantitative estimate of drug-likeness (QED) is 0.777. The van der Waals surface area contributed by atoms with Crippen molar-refractivity contribution < 1.29 is 19.1 Å². The predicted molar refractivity (Wildman–Crippen MR) is 109 cm³/mol. The lowest BCUT2D eigenvalue weighted by Crippen LogP contribution is -2.50. The molecule has 0 bridgehead atoms. The minimum absolute atomic E-state index is 0.0114. The van der Waals surface area contributed by atoms with Crippen molar-refractivity contribution in [1.82, 2.24) is 20.1 Å². The molecule has 2 aliphatic rings. The van der Waals surface area contributed by atoms with E-state index in [1.54, 1.807) is 0 Å². The van der Waals surface area contributed by atoms with E-state index in [1.807, 2.05) is 23.1 Å². The Kier molecular flexibility index (Phi) is 5.86. The summed E-state index contributed by atoms with van der Waals surface area (Å²) in [5, 5.41) is 3.48. The Hall–Kier alpha value is -2.39. The summed E-state index contributed by atoms with van der Waals surface area (Å²) < 4.78 is 7.01. The fourth-order valence-corrected chi connectivity index (χ4v) is 4.69. The van der Waals surface area contributed by atoms with Crippen LogP contribution < -0.4 is 10.1 Å². The number of fused-ring (bicyclic) bond motifs is 1. The van der Waals surface area contributed by atoms with Crippen molar-refractivity contribution in [2.24, 2.45) is 0 Å². The van der Waals surface area contributed by atoms with E-state index in [2.05, 4.69) is 10.3 Å². The van der Waals surface area contributed by atoms with Crippen molar-refractivity contribution in [3.05, 3.63) is 23.2 Å². The molecule has 3 heterocycles. The van der Waals surface area contributed by atoms with Gasteiger partial charge in [-0.05, 0) is 12.1 Å². The van der Waals surface area contributed by atoms with Crippen molar-refractivity contribution in [1.29, 1.82) is 0 Å². The number of para-hydroxylation sites is 1. The number of carbonyl (C=O) groups excluding carboxylic acids is 3. The zero-order valence-corrected chi connectivity index (χ0v) is 17.3. The van der Waals surface area contributed by atoms with Crippen LogP contribution in [-0.4, -0.2) is 64.9 Å². The number of carbonyl (C=O) groups is 3. The Morgan fingerprint density at radius 3 is 2.79 bits per heavy atom. The Balaban J connectivity index is 1.24. The minimum atomic E-state index is -0.419. The highest BCUT2D eigenvalue weighted by atomic mass is 35.5. The maximum atomic E-state index is 12.5. The van der Waals surface area contributed by atoms with Gasteiger partial charge in [0.2, 0.25) is 11.8 Å². The van der Waals surface area contributed by atoms with Gasteiger partial charge in [-0.3, -0.25) is 14.9 Å². The van der Waals surface area contributed by atoms with Crippen LogP contribution in [0.15, 0.2) is 18.2 Å². The third kappa shape index (κ3) is 4.62. The number of halogens is 1. The van der Waals surface area contributed by atoms with Crippen molar-refractivity contribution in [3.63, 3.8) is 0 Å². The molecular formula is C19H21ClN4O4S. The Labute approximate surface area is 176 Å². The molecule has 0 radical (unpaired) electrons. The number of ether oxygens (including phenoxy) is 1. The second-order valence-corrected chi connectivity index (χ2v) is 8.51. The lowest BCUT2D eigenvalue weighted by Gasteiger charge is -2.32. The number of imide groups is 1. The van der Waals surface area contributed by atoms with Gasteiger partial charge >= 0.3 is 6.03 Å². The van der Waals surface area contributed by atoms with Gasteiger partial charge in [-0.25, -0.2) is 9.78 Å². The number of nitrogens with zero attached hydrogens (tertiary/aromatic N) is 3. The molecule has 0 aliphatic carbocycles. The standard InChI is InChI=1S/C19H21ClN4O4S/c20-13-2-1-3-14-17(13)22-19(29-14)28-12-4-8-23(9-5-12)16(26)7-11-24-10-6-15(25)21-18(24)27/h1-3,12H,4-11H2,(H,21,25,27). The van der Waals surface area contributed by atoms with Crippen molar-refractivity contribution >= 4 is 51.0 Å². The normalized spacial score (nSPS) is 18.2. The SMILES string of the molecule is O=C1CCN(CCC(=O)N2CCC(Oc3nc4c(Cl)cccc4s3)CC2)C(=O)N1. The number of hydrogen-bond donors (Lipinski definition) is 1. The molecule has 1 aromatic carbocycles. The summed E-state index contributed by atoms with van der Waals surface area (Å²) in [6.45, 7) is 1.90. The number of nitrogens with one attached hydrogen (secondary N) is 1. The van der Waals surface area contributed by atoms with Crippen LogP contribution in [0.4, 0.5) is 4.79 Å². The molecule has 2 fully saturated rings. The summed E-state index contributed by atoms with van der Waals surface area (Å²) in [6, 6.07) is 5.24. The van der Waals surface area contributed by atoms with Gasteiger partial charge in [-0.15, -0.1) is 0 Å². The van der Waals surface area contributed by atoms with Gasteiger partial charge in [0.15, 0.2) is 0 Å². The largest absolute Gasteiger partial charge is 0.467 e. The minimum Gasteiger partial charge on any atom is -0.467 e. The van der Waals surface area contributed by atoms with E-state index < -0.39 is 6.03 Å². The first-order chi connectivity index (χ1) is 14.0. The molecule has 0 unspecified atom stereocenters. The maximum Gasteiger partial charge on any atom is 0.324 e. The molecular weight excluding hydrogens is 416 g/mol. The van der Waals surface area contributed by atoms with Crippen molar-refractivity contribution in [2.75, 3.05) is 26.2 Å². The molecule has 2 aliphatic heterocycles. The lowest BCUT2D eigenvalue weighted by molar-refractivity contribution is -0.133. The van der Waals surface area contributed by atoms with Crippen LogP contribution in [0.25, 0.3) is 10.2 Å². The summed E-state index contributed by atoms with van der Waals surface area (Å²) in [7, 11) is 0. The van der Waals surface area contributed by atoms with Gasteiger partial charge in [0.1, 0.15) is 11.6 Å². The van der Waals surface area contributed by atoms with Crippen LogP contribution in [0.3, 0.4) is 0 Å². The number of piperidine rings is 1. The third-order valence-electron chi connectivity index (χ3n) is 5.15. The predicted octanol–water partition coefficient (Wildman–Crippen LogP) is 2.65. The van der Waals surface area contributed by atoms with Gasteiger partial charge in [-0.2, -0.15) is 0 Å². The van der Waals surface area contributed by atoms with Gasteiger partial charge in [0, 0.05) is 51.9 Å². The highest BCUT2D eigenvalue weighted by Crippen LogP contribution is 2.33. The fourth-order valence-electron chi connectivity index (χ4n) is 3.51. The Bertz CT molecular complexity index is 941. The van der Waals surface area contributed by atoms with E-state index in [4.69, 9.17) is 16.3 Å². The topological polar surface area (TPSA) is 91.8 Å². The van der Waals surface area contributed by atoms with Crippen molar-refractivity contribution in [2.45, 2.75) is 31.8 Å². The summed E-state index contributed by atoms with van der Waals surface area (Å²) in [4.78, 5) is 43.2. The number of likely N-dealkylation sites (tertiary alicyclic amines) is 1. The summed E-state index contributed by atoms with van der Waals surface area (Å²) in [5.41, 5.74) is 0.755. The average Bonchev–Trinajstić information content (AvgIpc) is 3.11. The van der Waals surface area contributed by atoms with Gasteiger partial charge < -0.3 is 14.5 Å². The number of hydrogen-bond acceptors (Lipinski definition) is 6. The van der Waals surface area contributed by atoms with Gasteiger partial charge in [0.25, 0.3) is 5.19 Å². The number of aromatic nitrogens is 1. The molecule has 0 saturated carbocycles.